The first-order valence-corrected chi connectivity index (χ1v) is 7.08. The van der Waals surface area contributed by atoms with Crippen molar-refractivity contribution in [3.8, 4) is 0 Å². The number of carbonyl (C=O) groups is 2. The van der Waals surface area contributed by atoms with Crippen LogP contribution in [-0.4, -0.2) is 29.7 Å². The number of amides is 2. The Morgan fingerprint density at radius 2 is 1.79 bits per heavy atom. The van der Waals surface area contributed by atoms with Crippen LogP contribution in [0.25, 0.3) is 0 Å². The number of rotatable bonds is 4. The molecule has 1 aliphatic rings. The fourth-order valence-corrected chi connectivity index (χ4v) is 2.46. The van der Waals surface area contributed by atoms with Crippen LogP contribution in [0.5, 0.6) is 0 Å². The summed E-state index contributed by atoms with van der Waals surface area (Å²) in [5.74, 6) is -0.460. The molecule has 3 N–H and O–H groups in total. The van der Waals surface area contributed by atoms with Gasteiger partial charge in [0.2, 0.25) is 0 Å². The van der Waals surface area contributed by atoms with E-state index in [2.05, 4.69) is 10.6 Å². The van der Waals surface area contributed by atoms with Gasteiger partial charge in [-0.25, -0.2) is 9.59 Å². The van der Waals surface area contributed by atoms with E-state index in [4.69, 9.17) is 5.11 Å². The molecule has 0 aromatic carbocycles. The van der Waals surface area contributed by atoms with Crippen molar-refractivity contribution in [2.24, 2.45) is 11.3 Å². The molecule has 0 aromatic heterocycles. The SMILES string of the molecule is CC(C)(C)[C@H](NC(=O)NCC1CCCCC1)C(=O)O. The van der Waals surface area contributed by atoms with Gasteiger partial charge in [-0.2, -0.15) is 0 Å². The van der Waals surface area contributed by atoms with Gasteiger partial charge in [0, 0.05) is 6.54 Å². The molecule has 0 aromatic rings. The third-order valence-electron chi connectivity index (χ3n) is 3.66. The zero-order chi connectivity index (χ0) is 14.5. The van der Waals surface area contributed by atoms with Crippen LogP contribution in [-0.2, 0) is 4.79 Å². The lowest BCUT2D eigenvalue weighted by Crippen LogP contribution is -2.52. The van der Waals surface area contributed by atoms with Crippen LogP contribution < -0.4 is 10.6 Å². The summed E-state index contributed by atoms with van der Waals surface area (Å²) in [6.07, 6.45) is 6.05. The summed E-state index contributed by atoms with van der Waals surface area (Å²) in [7, 11) is 0. The summed E-state index contributed by atoms with van der Waals surface area (Å²) in [6.45, 7) is 6.04. The van der Waals surface area contributed by atoms with Crippen molar-refractivity contribution < 1.29 is 14.7 Å². The molecule has 1 saturated carbocycles. The van der Waals surface area contributed by atoms with Crippen LogP contribution in [0.15, 0.2) is 0 Å². The van der Waals surface area contributed by atoms with Crippen LogP contribution in [0, 0.1) is 11.3 Å². The second kappa shape index (κ2) is 6.78. The van der Waals surface area contributed by atoms with Gasteiger partial charge in [-0.15, -0.1) is 0 Å². The second-order valence-electron chi connectivity index (χ2n) is 6.50. The van der Waals surface area contributed by atoms with Gasteiger partial charge in [0.15, 0.2) is 0 Å². The van der Waals surface area contributed by atoms with E-state index < -0.39 is 17.4 Å². The molecule has 0 aliphatic heterocycles. The maximum Gasteiger partial charge on any atom is 0.326 e. The Morgan fingerprint density at radius 1 is 1.21 bits per heavy atom. The van der Waals surface area contributed by atoms with E-state index in [1.54, 1.807) is 20.8 Å². The summed E-state index contributed by atoms with van der Waals surface area (Å²) in [5.41, 5.74) is -0.506. The standard InChI is InChI=1S/C14H26N2O3/c1-14(2,3)11(12(17)18)16-13(19)15-9-10-7-5-4-6-8-10/h10-11H,4-9H2,1-3H3,(H,17,18)(H2,15,16,19)/t11-/m1/s1. The van der Waals surface area contributed by atoms with Gasteiger partial charge in [-0.3, -0.25) is 0 Å². The van der Waals surface area contributed by atoms with E-state index in [0.29, 0.717) is 12.5 Å². The third-order valence-corrected chi connectivity index (χ3v) is 3.66. The van der Waals surface area contributed by atoms with Gasteiger partial charge in [-0.05, 0) is 24.2 Å². The van der Waals surface area contributed by atoms with Gasteiger partial charge < -0.3 is 15.7 Å². The summed E-state index contributed by atoms with van der Waals surface area (Å²) >= 11 is 0. The molecular formula is C14H26N2O3. The Bertz CT molecular complexity index is 317. The summed E-state index contributed by atoms with van der Waals surface area (Å²) in [6, 6.07) is -1.26. The van der Waals surface area contributed by atoms with Gasteiger partial charge >= 0.3 is 12.0 Å². The first-order chi connectivity index (χ1) is 8.80. The van der Waals surface area contributed by atoms with Gasteiger partial charge in [-0.1, -0.05) is 40.0 Å². The minimum atomic E-state index is -1.000. The average molecular weight is 270 g/mol. The number of hydrogen-bond acceptors (Lipinski definition) is 2. The topological polar surface area (TPSA) is 78.4 Å². The highest BCUT2D eigenvalue weighted by Crippen LogP contribution is 2.23. The van der Waals surface area contributed by atoms with E-state index in [1.807, 2.05) is 0 Å². The molecule has 1 aliphatic carbocycles. The first-order valence-electron chi connectivity index (χ1n) is 7.08. The molecule has 0 bridgehead atoms. The number of urea groups is 1. The van der Waals surface area contributed by atoms with Crippen molar-refractivity contribution >= 4 is 12.0 Å². The highest BCUT2D eigenvalue weighted by atomic mass is 16.4. The number of aliphatic carboxylic acids is 1. The van der Waals surface area contributed by atoms with Crippen LogP contribution in [0.3, 0.4) is 0 Å². The Kier molecular flexibility index (Phi) is 5.63. The lowest BCUT2D eigenvalue weighted by Gasteiger charge is -2.28. The number of nitrogens with one attached hydrogen (secondary N) is 2. The molecule has 0 spiro atoms. The van der Waals surface area contributed by atoms with Crippen molar-refractivity contribution in [3.05, 3.63) is 0 Å². The van der Waals surface area contributed by atoms with Crippen LogP contribution >= 0.6 is 0 Å². The molecule has 1 rings (SSSR count). The van der Waals surface area contributed by atoms with Crippen LogP contribution in [0.2, 0.25) is 0 Å². The zero-order valence-electron chi connectivity index (χ0n) is 12.2. The van der Waals surface area contributed by atoms with Crippen LogP contribution in [0.1, 0.15) is 52.9 Å². The zero-order valence-corrected chi connectivity index (χ0v) is 12.2. The largest absolute Gasteiger partial charge is 0.480 e. The molecule has 0 heterocycles. The van der Waals surface area contributed by atoms with Gasteiger partial charge in [0.1, 0.15) is 6.04 Å². The number of carbonyl (C=O) groups excluding carboxylic acids is 1. The molecule has 1 fully saturated rings. The van der Waals surface area contributed by atoms with Gasteiger partial charge in [0.05, 0.1) is 0 Å². The molecule has 5 nitrogen and oxygen atoms in total. The predicted molar refractivity (Wildman–Crippen MR) is 74.0 cm³/mol. The normalized spacial score (nSPS) is 18.7. The molecule has 0 saturated heterocycles. The Hall–Kier alpha value is -1.26. The van der Waals surface area contributed by atoms with Gasteiger partial charge in [0.25, 0.3) is 0 Å². The quantitative estimate of drug-likeness (QED) is 0.733. The molecule has 0 unspecified atom stereocenters. The highest BCUT2D eigenvalue weighted by molar-refractivity contribution is 5.83. The molecule has 0 radical (unpaired) electrons. The monoisotopic (exact) mass is 270 g/mol. The predicted octanol–water partition coefficient (Wildman–Crippen LogP) is 2.37. The summed E-state index contributed by atoms with van der Waals surface area (Å²) in [5, 5.41) is 14.5. The maximum atomic E-state index is 11.8. The Balaban J connectivity index is 2.38. The number of hydrogen-bond donors (Lipinski definition) is 3. The summed E-state index contributed by atoms with van der Waals surface area (Å²) in [4.78, 5) is 22.9. The van der Waals surface area contributed by atoms with Crippen molar-refractivity contribution in [1.29, 1.82) is 0 Å². The third kappa shape index (κ3) is 5.49. The van der Waals surface area contributed by atoms with E-state index in [1.165, 1.54) is 19.3 Å². The molecular weight excluding hydrogens is 244 g/mol. The van der Waals surface area contributed by atoms with E-state index in [-0.39, 0.29) is 6.03 Å². The lowest BCUT2D eigenvalue weighted by atomic mass is 9.87. The Morgan fingerprint density at radius 3 is 2.26 bits per heavy atom. The summed E-state index contributed by atoms with van der Waals surface area (Å²) < 4.78 is 0. The Labute approximate surface area is 115 Å². The smallest absolute Gasteiger partial charge is 0.326 e. The number of carboxylic acid groups (broad SMARTS) is 1. The fourth-order valence-electron chi connectivity index (χ4n) is 2.46. The van der Waals surface area contributed by atoms with Crippen LogP contribution in [0.4, 0.5) is 4.79 Å². The van der Waals surface area contributed by atoms with E-state index in [9.17, 15) is 9.59 Å². The fraction of sp³-hybridized carbons (Fsp3) is 0.857. The number of carboxylic acids is 1. The van der Waals surface area contributed by atoms with Crippen molar-refractivity contribution in [2.75, 3.05) is 6.54 Å². The second-order valence-corrected chi connectivity index (χ2v) is 6.50. The molecule has 1 atom stereocenters. The van der Waals surface area contributed by atoms with Crippen molar-refractivity contribution in [2.45, 2.75) is 58.9 Å². The average Bonchev–Trinajstić information content (AvgIpc) is 2.33. The van der Waals surface area contributed by atoms with E-state index >= 15 is 0 Å². The minimum absolute atomic E-state index is 0.382. The molecule has 19 heavy (non-hydrogen) atoms. The molecule has 110 valence electrons. The van der Waals surface area contributed by atoms with E-state index in [0.717, 1.165) is 12.8 Å². The molecule has 5 heteroatoms. The first kappa shape index (κ1) is 15.8. The maximum absolute atomic E-state index is 11.8. The minimum Gasteiger partial charge on any atom is -0.480 e. The van der Waals surface area contributed by atoms with Crippen molar-refractivity contribution in [1.82, 2.24) is 10.6 Å². The van der Waals surface area contributed by atoms with Crippen molar-refractivity contribution in [3.63, 3.8) is 0 Å². The lowest BCUT2D eigenvalue weighted by molar-refractivity contribution is -0.141. The highest BCUT2D eigenvalue weighted by Gasteiger charge is 2.32. The molecule has 2 amide bonds.